The molecule has 1 aromatic heterocycles. The second-order valence-corrected chi connectivity index (χ2v) is 13.1. The summed E-state index contributed by atoms with van der Waals surface area (Å²) in [6.45, 7) is 2.93. The van der Waals surface area contributed by atoms with Crippen LogP contribution in [0.15, 0.2) is 70.4 Å². The van der Waals surface area contributed by atoms with E-state index in [2.05, 4.69) is 15.2 Å². The molecule has 16 heteroatoms. The van der Waals surface area contributed by atoms with Gasteiger partial charge in [0.25, 0.3) is 10.0 Å². The molecule has 0 spiro atoms. The van der Waals surface area contributed by atoms with Gasteiger partial charge in [-0.15, -0.1) is 5.10 Å². The molecule has 2 amide bonds. The van der Waals surface area contributed by atoms with E-state index in [4.69, 9.17) is 0 Å². The van der Waals surface area contributed by atoms with Gasteiger partial charge < -0.3 is 10.1 Å². The normalized spacial score (nSPS) is 13.3. The Balaban J connectivity index is 1.52. The molecular formula is C33H33F4N5O6S. The molecular weight excluding hydrogens is 670 g/mol. The SMILES string of the molecule is CCCCc1nn(-c2cc(NC(=O)C3CC3)ccc2C(F)(F)F)c(=O)n1Cc1ccc(-c2ccccc2S(=O)(=O)NC(=O)OCC)cc1F. The van der Waals surface area contributed by atoms with Crippen molar-refractivity contribution in [3.05, 3.63) is 93.9 Å². The number of rotatable bonds is 12. The van der Waals surface area contributed by atoms with Crippen molar-refractivity contribution in [1.29, 1.82) is 0 Å². The van der Waals surface area contributed by atoms with E-state index in [9.17, 15) is 36.0 Å². The van der Waals surface area contributed by atoms with E-state index in [-0.39, 0.29) is 58.0 Å². The number of hydrogen-bond acceptors (Lipinski definition) is 7. The number of carbonyl (C=O) groups excluding carboxylic acids is 2. The lowest BCUT2D eigenvalue weighted by molar-refractivity contribution is -0.137. The maximum Gasteiger partial charge on any atom is 0.421 e. The minimum atomic E-state index is -4.86. The molecule has 0 saturated heterocycles. The molecule has 5 rings (SSSR count). The summed E-state index contributed by atoms with van der Waals surface area (Å²) in [5, 5.41) is 6.84. The van der Waals surface area contributed by atoms with Crippen molar-refractivity contribution in [2.75, 3.05) is 11.9 Å². The quantitative estimate of drug-likeness (QED) is 0.172. The average molecular weight is 704 g/mol. The van der Waals surface area contributed by atoms with Crippen LogP contribution >= 0.6 is 0 Å². The van der Waals surface area contributed by atoms with Crippen molar-refractivity contribution < 1.29 is 40.3 Å². The molecule has 3 aromatic carbocycles. The minimum absolute atomic E-state index is 0.0189. The smallest absolute Gasteiger partial charge is 0.421 e. The number of carbonyl (C=O) groups is 2. The van der Waals surface area contributed by atoms with Gasteiger partial charge in [0.1, 0.15) is 11.6 Å². The average Bonchev–Trinajstić information content (AvgIpc) is 3.85. The van der Waals surface area contributed by atoms with E-state index in [0.29, 0.717) is 30.4 Å². The van der Waals surface area contributed by atoms with Gasteiger partial charge in [-0.2, -0.15) is 17.9 Å². The van der Waals surface area contributed by atoms with Crippen molar-refractivity contribution in [2.45, 2.75) is 63.6 Å². The van der Waals surface area contributed by atoms with Gasteiger partial charge in [-0.3, -0.25) is 9.36 Å². The Morgan fingerprint density at radius 2 is 1.78 bits per heavy atom. The number of nitrogens with zero attached hydrogens (tertiary/aromatic N) is 3. The Labute approximate surface area is 278 Å². The van der Waals surface area contributed by atoms with Crippen LogP contribution in [0.1, 0.15) is 56.5 Å². The fourth-order valence-corrected chi connectivity index (χ4v) is 6.29. The lowest BCUT2D eigenvalue weighted by Crippen LogP contribution is -2.31. The number of aromatic nitrogens is 3. The lowest BCUT2D eigenvalue weighted by atomic mass is 10.0. The zero-order chi connectivity index (χ0) is 35.5. The maximum absolute atomic E-state index is 15.7. The number of alkyl halides is 3. The summed E-state index contributed by atoms with van der Waals surface area (Å²) in [6.07, 6.45) is -3.27. The van der Waals surface area contributed by atoms with E-state index in [0.717, 1.165) is 28.8 Å². The Hall–Kier alpha value is -4.99. The summed E-state index contributed by atoms with van der Waals surface area (Å²) in [7, 11) is -4.41. The Bertz CT molecular complexity index is 2050. The molecule has 1 saturated carbocycles. The summed E-state index contributed by atoms with van der Waals surface area (Å²) in [6, 6.07) is 12.3. The minimum Gasteiger partial charge on any atom is -0.449 e. The van der Waals surface area contributed by atoms with Gasteiger partial charge in [0.05, 0.1) is 29.3 Å². The number of benzene rings is 3. The van der Waals surface area contributed by atoms with Crippen molar-refractivity contribution in [2.24, 2.45) is 5.92 Å². The van der Waals surface area contributed by atoms with Gasteiger partial charge in [0.15, 0.2) is 0 Å². The third-order valence-corrected chi connectivity index (χ3v) is 9.17. The highest BCUT2D eigenvalue weighted by atomic mass is 32.2. The molecule has 0 atom stereocenters. The van der Waals surface area contributed by atoms with Gasteiger partial charge in [-0.25, -0.2) is 27.1 Å². The molecule has 1 aliphatic rings. The summed E-state index contributed by atoms with van der Waals surface area (Å²) in [5.74, 6) is -1.25. The first-order valence-corrected chi connectivity index (χ1v) is 17.0. The highest BCUT2D eigenvalue weighted by Gasteiger charge is 2.36. The molecule has 0 bridgehead atoms. The summed E-state index contributed by atoms with van der Waals surface area (Å²) in [4.78, 5) is 37.6. The molecule has 260 valence electrons. The second kappa shape index (κ2) is 14.2. The predicted molar refractivity (Wildman–Crippen MR) is 171 cm³/mol. The first-order chi connectivity index (χ1) is 23.2. The predicted octanol–water partition coefficient (Wildman–Crippen LogP) is 6.03. The number of amides is 2. The number of aryl methyl sites for hydroxylation is 1. The number of anilines is 1. The number of hydrogen-bond donors (Lipinski definition) is 2. The highest BCUT2D eigenvalue weighted by Crippen LogP contribution is 2.36. The van der Waals surface area contributed by atoms with Crippen LogP contribution in [0.3, 0.4) is 0 Å². The van der Waals surface area contributed by atoms with Crippen LogP contribution in [0.2, 0.25) is 0 Å². The molecule has 4 aromatic rings. The van der Waals surface area contributed by atoms with E-state index in [1.165, 1.54) is 43.3 Å². The standard InChI is InChI=1S/C33H33F4N5O6S/c1-3-5-10-29-39-42(27-18-23(38-30(43)20-11-12-20)15-16-25(27)33(35,36)37)32(45)41(29)19-22-14-13-21(17-26(22)34)24-8-6-7-9-28(24)49(46,47)40-31(44)48-4-2/h6-9,13-18,20H,3-5,10-12,19H2,1-2H3,(H,38,43)(H,40,44). The number of nitrogens with one attached hydrogen (secondary N) is 2. The van der Waals surface area contributed by atoms with Crippen molar-refractivity contribution >= 4 is 27.7 Å². The van der Waals surface area contributed by atoms with E-state index < -0.39 is 51.6 Å². The first-order valence-electron chi connectivity index (χ1n) is 15.5. The summed E-state index contributed by atoms with van der Waals surface area (Å²) in [5.41, 5.74) is -2.42. The molecule has 1 aliphatic carbocycles. The van der Waals surface area contributed by atoms with Crippen LogP contribution < -0.4 is 15.7 Å². The van der Waals surface area contributed by atoms with E-state index in [1.54, 1.807) is 4.72 Å². The number of unbranched alkanes of at least 4 members (excludes halogenated alkanes) is 1. The Morgan fingerprint density at radius 1 is 1.04 bits per heavy atom. The number of ether oxygens (including phenoxy) is 1. The fraction of sp³-hybridized carbons (Fsp3) is 0.333. The lowest BCUT2D eigenvalue weighted by Gasteiger charge is -2.14. The first kappa shape index (κ1) is 35.3. The van der Waals surface area contributed by atoms with Gasteiger partial charge in [0.2, 0.25) is 5.91 Å². The van der Waals surface area contributed by atoms with Gasteiger partial charge >= 0.3 is 18.0 Å². The number of halogens is 4. The van der Waals surface area contributed by atoms with Crippen molar-refractivity contribution in [3.8, 4) is 16.8 Å². The molecule has 0 unspecified atom stereocenters. The summed E-state index contributed by atoms with van der Waals surface area (Å²) >= 11 is 0. The fourth-order valence-electron chi connectivity index (χ4n) is 5.16. The highest BCUT2D eigenvalue weighted by molar-refractivity contribution is 7.90. The van der Waals surface area contributed by atoms with Gasteiger partial charge in [-0.1, -0.05) is 43.7 Å². The van der Waals surface area contributed by atoms with Crippen LogP contribution in [0, 0.1) is 11.7 Å². The molecule has 2 N–H and O–H groups in total. The zero-order valence-corrected chi connectivity index (χ0v) is 27.3. The van der Waals surface area contributed by atoms with Crippen molar-refractivity contribution in [1.82, 2.24) is 19.1 Å². The third-order valence-electron chi connectivity index (χ3n) is 7.80. The van der Waals surface area contributed by atoms with E-state index >= 15 is 4.39 Å². The topological polar surface area (TPSA) is 141 Å². The molecule has 1 fully saturated rings. The Kier molecular flexibility index (Phi) is 10.3. The van der Waals surface area contributed by atoms with Crippen LogP contribution in [0.5, 0.6) is 0 Å². The Morgan fingerprint density at radius 3 is 2.43 bits per heavy atom. The van der Waals surface area contributed by atoms with Crippen molar-refractivity contribution in [3.63, 3.8) is 0 Å². The summed E-state index contributed by atoms with van der Waals surface area (Å²) < 4.78 is 92.1. The van der Waals surface area contributed by atoms with Crippen LogP contribution in [-0.4, -0.2) is 41.4 Å². The van der Waals surface area contributed by atoms with Crippen LogP contribution in [0.25, 0.3) is 16.8 Å². The van der Waals surface area contributed by atoms with Gasteiger partial charge in [0, 0.05) is 29.2 Å². The molecule has 11 nitrogen and oxygen atoms in total. The third kappa shape index (κ3) is 8.01. The monoisotopic (exact) mass is 703 g/mol. The maximum atomic E-state index is 15.7. The van der Waals surface area contributed by atoms with E-state index in [1.807, 2.05) is 6.92 Å². The number of sulfonamides is 1. The van der Waals surface area contributed by atoms with Crippen LogP contribution in [0.4, 0.5) is 28.0 Å². The molecule has 0 radical (unpaired) electrons. The van der Waals surface area contributed by atoms with Gasteiger partial charge in [-0.05, 0) is 62.1 Å². The zero-order valence-electron chi connectivity index (χ0n) is 26.5. The van der Waals surface area contributed by atoms with Crippen LogP contribution in [-0.2, 0) is 38.7 Å². The second-order valence-electron chi connectivity index (χ2n) is 11.4. The largest absolute Gasteiger partial charge is 0.449 e. The molecule has 0 aliphatic heterocycles. The molecule has 49 heavy (non-hydrogen) atoms. The molecule has 1 heterocycles.